The fourth-order valence-corrected chi connectivity index (χ4v) is 1.55. The predicted octanol–water partition coefficient (Wildman–Crippen LogP) is 2.90. The second kappa shape index (κ2) is 5.10. The van der Waals surface area contributed by atoms with Crippen molar-refractivity contribution in [1.29, 1.82) is 0 Å². The minimum atomic E-state index is -0.215. The molecule has 1 N–H and O–H groups in total. The van der Waals surface area contributed by atoms with E-state index in [2.05, 4.69) is 10.3 Å². The Balaban J connectivity index is 2.21. The maximum absolute atomic E-state index is 13.1. The van der Waals surface area contributed by atoms with Crippen molar-refractivity contribution < 1.29 is 8.81 Å². The number of oxazole rings is 1. The van der Waals surface area contributed by atoms with Crippen molar-refractivity contribution >= 4 is 0 Å². The van der Waals surface area contributed by atoms with Gasteiger partial charge in [0.25, 0.3) is 0 Å². The molecule has 0 fully saturated rings. The molecule has 3 nitrogen and oxygen atoms in total. The van der Waals surface area contributed by atoms with Gasteiger partial charge in [-0.2, -0.15) is 0 Å². The molecule has 0 atom stereocenters. The summed E-state index contributed by atoms with van der Waals surface area (Å²) in [6.45, 7) is 5.32. The summed E-state index contributed by atoms with van der Waals surface area (Å²) in [6, 6.07) is 4.84. The Kier molecular flexibility index (Phi) is 3.54. The molecule has 2 aromatic rings. The van der Waals surface area contributed by atoms with Crippen LogP contribution in [0.3, 0.4) is 0 Å². The van der Waals surface area contributed by atoms with Crippen LogP contribution in [0.25, 0.3) is 11.5 Å². The molecule has 1 aromatic heterocycles. The van der Waals surface area contributed by atoms with Crippen molar-refractivity contribution in [2.45, 2.75) is 20.4 Å². The van der Waals surface area contributed by atoms with Gasteiger partial charge in [-0.3, -0.25) is 0 Å². The first-order valence-corrected chi connectivity index (χ1v) is 5.62. The highest BCUT2D eigenvalue weighted by Gasteiger charge is 2.08. The van der Waals surface area contributed by atoms with Crippen LogP contribution in [-0.4, -0.2) is 11.5 Å². The number of nitrogens with one attached hydrogen (secondary N) is 1. The SMILES string of the molecule is CCNCc1coc(-c2ccc(F)c(C)c2)n1. The Morgan fingerprint density at radius 1 is 1.41 bits per heavy atom. The topological polar surface area (TPSA) is 38.1 Å². The molecular weight excluding hydrogens is 219 g/mol. The van der Waals surface area contributed by atoms with Gasteiger partial charge in [0, 0.05) is 12.1 Å². The van der Waals surface area contributed by atoms with Crippen molar-refractivity contribution in [2.24, 2.45) is 0 Å². The van der Waals surface area contributed by atoms with Gasteiger partial charge in [0.15, 0.2) is 0 Å². The van der Waals surface area contributed by atoms with Crippen LogP contribution in [0.15, 0.2) is 28.9 Å². The zero-order valence-electron chi connectivity index (χ0n) is 9.96. The van der Waals surface area contributed by atoms with Gasteiger partial charge in [0.1, 0.15) is 12.1 Å². The lowest BCUT2D eigenvalue weighted by Gasteiger charge is -1.99. The molecule has 1 aromatic carbocycles. The number of rotatable bonds is 4. The first-order valence-electron chi connectivity index (χ1n) is 5.62. The average molecular weight is 234 g/mol. The van der Waals surface area contributed by atoms with Crippen LogP contribution in [0.2, 0.25) is 0 Å². The van der Waals surface area contributed by atoms with Crippen LogP contribution in [0.5, 0.6) is 0 Å². The van der Waals surface area contributed by atoms with E-state index in [9.17, 15) is 4.39 Å². The third-order valence-electron chi connectivity index (χ3n) is 2.51. The molecular formula is C13H15FN2O. The Morgan fingerprint density at radius 3 is 2.94 bits per heavy atom. The molecule has 0 radical (unpaired) electrons. The average Bonchev–Trinajstić information content (AvgIpc) is 2.79. The fourth-order valence-electron chi connectivity index (χ4n) is 1.55. The maximum atomic E-state index is 13.1. The van der Waals surface area contributed by atoms with Crippen LogP contribution in [-0.2, 0) is 6.54 Å². The molecule has 0 aliphatic carbocycles. The minimum absolute atomic E-state index is 0.215. The summed E-state index contributed by atoms with van der Waals surface area (Å²) in [6.07, 6.45) is 1.62. The normalized spacial score (nSPS) is 10.8. The Bertz CT molecular complexity index is 508. The predicted molar refractivity (Wildman–Crippen MR) is 64.0 cm³/mol. The number of aryl methyl sites for hydroxylation is 1. The molecule has 2 rings (SSSR count). The third kappa shape index (κ3) is 2.71. The summed E-state index contributed by atoms with van der Waals surface area (Å²) in [5, 5.41) is 3.17. The molecule has 17 heavy (non-hydrogen) atoms. The quantitative estimate of drug-likeness (QED) is 0.884. The number of halogens is 1. The van der Waals surface area contributed by atoms with Crippen LogP contribution < -0.4 is 5.32 Å². The maximum Gasteiger partial charge on any atom is 0.226 e. The summed E-state index contributed by atoms with van der Waals surface area (Å²) in [4.78, 5) is 4.34. The second-order valence-electron chi connectivity index (χ2n) is 3.89. The monoisotopic (exact) mass is 234 g/mol. The zero-order valence-corrected chi connectivity index (χ0v) is 9.96. The lowest BCUT2D eigenvalue weighted by molar-refractivity contribution is 0.570. The van der Waals surface area contributed by atoms with Gasteiger partial charge in [-0.05, 0) is 37.2 Å². The molecule has 0 saturated heterocycles. The number of nitrogens with zero attached hydrogens (tertiary/aromatic N) is 1. The van der Waals surface area contributed by atoms with Crippen LogP contribution >= 0.6 is 0 Å². The molecule has 0 bridgehead atoms. The van der Waals surface area contributed by atoms with Crippen molar-refractivity contribution in [3.05, 3.63) is 41.5 Å². The first-order chi connectivity index (χ1) is 8.20. The van der Waals surface area contributed by atoms with E-state index >= 15 is 0 Å². The highest BCUT2D eigenvalue weighted by atomic mass is 19.1. The highest BCUT2D eigenvalue weighted by molar-refractivity contribution is 5.54. The summed E-state index contributed by atoms with van der Waals surface area (Å²) in [5.74, 6) is 0.314. The molecule has 0 saturated carbocycles. The summed E-state index contributed by atoms with van der Waals surface area (Å²) in [5.41, 5.74) is 2.24. The molecule has 0 spiro atoms. The summed E-state index contributed by atoms with van der Waals surface area (Å²) in [7, 11) is 0. The third-order valence-corrected chi connectivity index (χ3v) is 2.51. The Hall–Kier alpha value is -1.68. The standard InChI is InChI=1S/C13H15FN2O/c1-3-15-7-11-8-17-13(16-11)10-4-5-12(14)9(2)6-10/h4-6,8,15H,3,7H2,1-2H3. The van der Waals surface area contributed by atoms with Crippen molar-refractivity contribution in [2.75, 3.05) is 6.54 Å². The van der Waals surface area contributed by atoms with E-state index in [1.807, 2.05) is 6.92 Å². The summed E-state index contributed by atoms with van der Waals surface area (Å²) < 4.78 is 18.5. The zero-order chi connectivity index (χ0) is 12.3. The van der Waals surface area contributed by atoms with Gasteiger partial charge >= 0.3 is 0 Å². The molecule has 0 unspecified atom stereocenters. The van der Waals surface area contributed by atoms with Gasteiger partial charge < -0.3 is 9.73 Å². The smallest absolute Gasteiger partial charge is 0.226 e. The molecule has 0 aliphatic rings. The highest BCUT2D eigenvalue weighted by Crippen LogP contribution is 2.21. The van der Waals surface area contributed by atoms with Crippen LogP contribution in [0, 0.1) is 12.7 Å². The van der Waals surface area contributed by atoms with E-state index in [4.69, 9.17) is 4.42 Å². The van der Waals surface area contributed by atoms with E-state index in [1.54, 1.807) is 25.3 Å². The lowest BCUT2D eigenvalue weighted by Crippen LogP contribution is -2.11. The minimum Gasteiger partial charge on any atom is -0.444 e. The van der Waals surface area contributed by atoms with E-state index in [0.29, 0.717) is 18.0 Å². The van der Waals surface area contributed by atoms with E-state index in [1.165, 1.54) is 6.07 Å². The fraction of sp³-hybridized carbons (Fsp3) is 0.308. The molecule has 0 amide bonds. The van der Waals surface area contributed by atoms with Crippen molar-refractivity contribution in [3.63, 3.8) is 0 Å². The number of hydrogen-bond donors (Lipinski definition) is 1. The summed E-state index contributed by atoms with van der Waals surface area (Å²) >= 11 is 0. The first kappa shape index (κ1) is 11.8. The largest absolute Gasteiger partial charge is 0.444 e. The van der Waals surface area contributed by atoms with E-state index < -0.39 is 0 Å². The van der Waals surface area contributed by atoms with Gasteiger partial charge in [-0.1, -0.05) is 6.92 Å². The second-order valence-corrected chi connectivity index (χ2v) is 3.89. The van der Waals surface area contributed by atoms with Crippen molar-refractivity contribution in [1.82, 2.24) is 10.3 Å². The van der Waals surface area contributed by atoms with Gasteiger partial charge in [-0.15, -0.1) is 0 Å². The Labute approximate surface area is 99.7 Å². The number of hydrogen-bond acceptors (Lipinski definition) is 3. The van der Waals surface area contributed by atoms with Crippen molar-refractivity contribution in [3.8, 4) is 11.5 Å². The van der Waals surface area contributed by atoms with E-state index in [-0.39, 0.29) is 5.82 Å². The van der Waals surface area contributed by atoms with Gasteiger partial charge in [0.05, 0.1) is 5.69 Å². The van der Waals surface area contributed by atoms with Crippen LogP contribution in [0.1, 0.15) is 18.2 Å². The molecule has 90 valence electrons. The Morgan fingerprint density at radius 2 is 2.24 bits per heavy atom. The van der Waals surface area contributed by atoms with Crippen LogP contribution in [0.4, 0.5) is 4.39 Å². The molecule has 0 aliphatic heterocycles. The molecule has 4 heteroatoms. The van der Waals surface area contributed by atoms with Gasteiger partial charge in [-0.25, -0.2) is 9.37 Å². The van der Waals surface area contributed by atoms with Gasteiger partial charge in [0.2, 0.25) is 5.89 Å². The number of benzene rings is 1. The van der Waals surface area contributed by atoms with E-state index in [0.717, 1.165) is 17.8 Å². The molecule has 1 heterocycles. The lowest BCUT2D eigenvalue weighted by atomic mass is 10.1. The number of aromatic nitrogens is 1.